The van der Waals surface area contributed by atoms with Crippen molar-refractivity contribution in [2.45, 2.75) is 30.3 Å². The molecular weight excluding hydrogens is 448 g/mol. The molecule has 0 spiro atoms. The molecule has 2 fully saturated rings. The largest absolute Gasteiger partial charge is 0.339 e. The number of hydrogen-bond acceptors (Lipinski definition) is 5. The van der Waals surface area contributed by atoms with Crippen LogP contribution in [0.25, 0.3) is 0 Å². The van der Waals surface area contributed by atoms with E-state index in [2.05, 4.69) is 11.0 Å². The topological polar surface area (TPSA) is 84.7 Å². The van der Waals surface area contributed by atoms with Crippen LogP contribution in [0.5, 0.6) is 0 Å². The molecule has 7 nitrogen and oxygen atoms in total. The van der Waals surface area contributed by atoms with Gasteiger partial charge in [0.05, 0.1) is 16.5 Å². The molecule has 32 heavy (non-hydrogen) atoms. The lowest BCUT2D eigenvalue weighted by atomic mass is 10.1. The quantitative estimate of drug-likeness (QED) is 0.668. The molecule has 1 atom stereocenters. The molecule has 0 unspecified atom stereocenters. The van der Waals surface area contributed by atoms with Crippen molar-refractivity contribution in [3.05, 3.63) is 64.7 Å². The Morgan fingerprint density at radius 3 is 2.28 bits per heavy atom. The predicted octanol–water partition coefficient (Wildman–Crippen LogP) is 2.71. The zero-order chi connectivity index (χ0) is 22.7. The smallest absolute Gasteiger partial charge is 0.243 e. The van der Waals surface area contributed by atoms with Crippen molar-refractivity contribution < 1.29 is 13.2 Å². The van der Waals surface area contributed by atoms with Crippen LogP contribution in [0.1, 0.15) is 24.0 Å². The molecule has 9 heteroatoms. The van der Waals surface area contributed by atoms with Crippen molar-refractivity contribution in [1.29, 1.82) is 5.26 Å². The van der Waals surface area contributed by atoms with Crippen LogP contribution in [0.15, 0.2) is 53.4 Å². The van der Waals surface area contributed by atoms with E-state index in [1.807, 2.05) is 24.3 Å². The summed E-state index contributed by atoms with van der Waals surface area (Å²) < 4.78 is 27.6. The van der Waals surface area contributed by atoms with Gasteiger partial charge in [0, 0.05) is 44.3 Å². The second-order valence-corrected chi connectivity index (χ2v) is 10.5. The van der Waals surface area contributed by atoms with E-state index in [9.17, 15) is 13.2 Å². The van der Waals surface area contributed by atoms with Gasteiger partial charge in [0.1, 0.15) is 6.04 Å². The summed E-state index contributed by atoms with van der Waals surface area (Å²) in [6.07, 6.45) is 1.21. The van der Waals surface area contributed by atoms with Crippen LogP contribution in [0.4, 0.5) is 0 Å². The molecule has 2 heterocycles. The summed E-state index contributed by atoms with van der Waals surface area (Å²) in [5, 5.41) is 9.39. The van der Waals surface area contributed by atoms with Crippen LogP contribution in [0.2, 0.25) is 5.02 Å². The van der Waals surface area contributed by atoms with Gasteiger partial charge in [0.2, 0.25) is 15.9 Å². The van der Waals surface area contributed by atoms with Crippen LogP contribution < -0.4 is 0 Å². The highest BCUT2D eigenvalue weighted by atomic mass is 35.5. The number of rotatable bonds is 5. The summed E-state index contributed by atoms with van der Waals surface area (Å²) in [5.41, 5.74) is 1.76. The van der Waals surface area contributed by atoms with Gasteiger partial charge >= 0.3 is 0 Å². The Morgan fingerprint density at radius 1 is 1.00 bits per heavy atom. The number of carbonyl (C=O) groups excluding carboxylic acids is 1. The Morgan fingerprint density at radius 2 is 1.66 bits per heavy atom. The molecule has 0 radical (unpaired) electrons. The highest BCUT2D eigenvalue weighted by Crippen LogP contribution is 2.28. The first-order chi connectivity index (χ1) is 15.4. The Labute approximate surface area is 193 Å². The summed E-state index contributed by atoms with van der Waals surface area (Å²) in [6.45, 7) is 3.69. The minimum Gasteiger partial charge on any atom is -0.339 e. The normalized spacial score (nSPS) is 20.2. The summed E-state index contributed by atoms with van der Waals surface area (Å²) in [6, 6.07) is 15.1. The Balaban J connectivity index is 1.37. The minimum atomic E-state index is -3.75. The molecule has 2 saturated heterocycles. The van der Waals surface area contributed by atoms with Crippen molar-refractivity contribution in [2.75, 3.05) is 32.7 Å². The Hall–Kier alpha value is -2.44. The lowest BCUT2D eigenvalue weighted by Gasteiger charge is -2.37. The molecule has 1 amide bonds. The van der Waals surface area contributed by atoms with Crippen molar-refractivity contribution in [3.8, 4) is 6.07 Å². The number of nitriles is 1. The highest BCUT2D eigenvalue weighted by molar-refractivity contribution is 7.89. The molecule has 0 aliphatic carbocycles. The predicted molar refractivity (Wildman–Crippen MR) is 121 cm³/mol. The minimum absolute atomic E-state index is 0.113. The van der Waals surface area contributed by atoms with E-state index in [0.717, 1.165) is 25.2 Å². The number of halogens is 1. The average molecular weight is 473 g/mol. The number of benzene rings is 2. The van der Waals surface area contributed by atoms with Gasteiger partial charge in [-0.1, -0.05) is 23.7 Å². The molecule has 4 rings (SSSR count). The molecule has 2 aromatic rings. The summed E-state index contributed by atoms with van der Waals surface area (Å²) in [7, 11) is -3.75. The van der Waals surface area contributed by atoms with Crippen molar-refractivity contribution in [1.82, 2.24) is 14.1 Å². The first-order valence-corrected chi connectivity index (χ1v) is 12.5. The molecular formula is C23H25ClN4O3S. The standard InChI is InChI=1S/C23H25ClN4O3S/c24-20-7-9-21(10-8-20)32(30,31)28-11-1-2-22(28)23(29)27-14-12-26(13-15-27)17-19-5-3-18(16-25)4-6-19/h3-10,22H,1-2,11-15,17H2/t22-/m1/s1. The van der Waals surface area contributed by atoms with E-state index < -0.39 is 16.1 Å². The van der Waals surface area contributed by atoms with E-state index >= 15 is 0 Å². The number of carbonyl (C=O) groups is 1. The van der Waals surface area contributed by atoms with Crippen molar-refractivity contribution in [2.24, 2.45) is 0 Å². The van der Waals surface area contributed by atoms with Gasteiger partial charge in [0.25, 0.3) is 0 Å². The molecule has 0 aromatic heterocycles. The fourth-order valence-electron chi connectivity index (χ4n) is 4.30. The van der Waals surface area contributed by atoms with Crippen LogP contribution >= 0.6 is 11.6 Å². The first kappa shape index (κ1) is 22.7. The fraction of sp³-hybridized carbons (Fsp3) is 0.391. The van der Waals surface area contributed by atoms with Crippen molar-refractivity contribution >= 4 is 27.5 Å². The summed E-state index contributed by atoms with van der Waals surface area (Å²) in [5.74, 6) is -0.113. The lowest BCUT2D eigenvalue weighted by molar-refractivity contribution is -0.136. The second-order valence-electron chi connectivity index (χ2n) is 8.14. The maximum absolute atomic E-state index is 13.2. The zero-order valence-electron chi connectivity index (χ0n) is 17.7. The van der Waals surface area contributed by atoms with Crippen LogP contribution in [-0.2, 0) is 21.4 Å². The monoisotopic (exact) mass is 472 g/mol. The lowest BCUT2D eigenvalue weighted by Crippen LogP contribution is -2.54. The van der Waals surface area contributed by atoms with Gasteiger partial charge in [-0.05, 0) is 54.8 Å². The third kappa shape index (κ3) is 4.81. The summed E-state index contributed by atoms with van der Waals surface area (Å²) in [4.78, 5) is 17.4. The molecule has 2 aliphatic heterocycles. The van der Waals surface area contributed by atoms with E-state index in [1.165, 1.54) is 16.4 Å². The maximum Gasteiger partial charge on any atom is 0.243 e. The number of amides is 1. The third-order valence-electron chi connectivity index (χ3n) is 6.08. The van der Waals surface area contributed by atoms with Gasteiger partial charge in [-0.15, -0.1) is 0 Å². The van der Waals surface area contributed by atoms with Gasteiger partial charge in [-0.2, -0.15) is 9.57 Å². The molecule has 0 N–H and O–H groups in total. The molecule has 168 valence electrons. The van der Waals surface area contributed by atoms with E-state index in [4.69, 9.17) is 16.9 Å². The van der Waals surface area contributed by atoms with E-state index in [1.54, 1.807) is 17.0 Å². The number of piperazine rings is 1. The van der Waals surface area contributed by atoms with Crippen LogP contribution in [0, 0.1) is 11.3 Å². The van der Waals surface area contributed by atoms with Gasteiger partial charge in [-0.25, -0.2) is 8.42 Å². The van der Waals surface area contributed by atoms with Gasteiger partial charge < -0.3 is 4.90 Å². The Bertz CT molecular complexity index is 1110. The number of sulfonamides is 1. The number of nitrogens with zero attached hydrogens (tertiary/aromatic N) is 4. The van der Waals surface area contributed by atoms with E-state index in [-0.39, 0.29) is 10.8 Å². The zero-order valence-corrected chi connectivity index (χ0v) is 19.2. The molecule has 0 bridgehead atoms. The fourth-order valence-corrected chi connectivity index (χ4v) is 6.07. The average Bonchev–Trinajstić information content (AvgIpc) is 3.31. The van der Waals surface area contributed by atoms with Crippen LogP contribution in [-0.4, -0.2) is 67.2 Å². The molecule has 2 aliphatic rings. The van der Waals surface area contributed by atoms with E-state index in [0.29, 0.717) is 43.1 Å². The third-order valence-corrected chi connectivity index (χ3v) is 8.26. The maximum atomic E-state index is 13.2. The summed E-state index contributed by atoms with van der Waals surface area (Å²) >= 11 is 5.89. The van der Waals surface area contributed by atoms with Crippen LogP contribution in [0.3, 0.4) is 0 Å². The SMILES string of the molecule is N#Cc1ccc(CN2CCN(C(=O)[C@H]3CCCN3S(=O)(=O)c3ccc(Cl)cc3)CC2)cc1. The Kier molecular flexibility index (Phi) is 6.82. The van der Waals surface area contributed by atoms with Gasteiger partial charge in [-0.3, -0.25) is 9.69 Å². The molecule has 2 aromatic carbocycles. The second kappa shape index (κ2) is 9.59. The first-order valence-electron chi connectivity index (χ1n) is 10.7. The van der Waals surface area contributed by atoms with Gasteiger partial charge in [0.15, 0.2) is 0 Å². The highest BCUT2D eigenvalue weighted by Gasteiger charge is 2.41. The molecule has 0 saturated carbocycles. The number of hydrogen-bond donors (Lipinski definition) is 0. The van der Waals surface area contributed by atoms with Crippen molar-refractivity contribution in [3.63, 3.8) is 0 Å².